The maximum atomic E-state index is 11.0. The molecule has 0 aliphatic rings. The molecule has 0 aromatic carbocycles. The second kappa shape index (κ2) is 6.26. The summed E-state index contributed by atoms with van der Waals surface area (Å²) in [4.78, 5) is 16.1. The lowest BCUT2D eigenvalue weighted by molar-refractivity contribution is -0.140. The second-order valence-corrected chi connectivity index (χ2v) is 4.65. The Kier molecular flexibility index (Phi) is 4.98. The first-order valence-corrected chi connectivity index (χ1v) is 6.15. The summed E-state index contributed by atoms with van der Waals surface area (Å²) in [5.41, 5.74) is 2.20. The maximum absolute atomic E-state index is 11.0. The molecule has 1 aromatic rings. The van der Waals surface area contributed by atoms with Gasteiger partial charge in [0.1, 0.15) is 6.07 Å². The van der Waals surface area contributed by atoms with Crippen LogP contribution in [-0.4, -0.2) is 23.8 Å². The Labute approximate surface area is 105 Å². The largest absolute Gasteiger partial charge is 0.469 e. The number of rotatable bonds is 4. The Morgan fingerprint density at radius 3 is 2.88 bits per heavy atom. The van der Waals surface area contributed by atoms with Gasteiger partial charge in [0.15, 0.2) is 0 Å². The van der Waals surface area contributed by atoms with Gasteiger partial charge in [-0.3, -0.25) is 9.78 Å². The summed E-state index contributed by atoms with van der Waals surface area (Å²) in [6, 6.07) is 4.01. The summed E-state index contributed by atoms with van der Waals surface area (Å²) in [7, 11) is 1.37. The number of carbonyl (C=O) groups excluding carboxylic acids is 1. The van der Waals surface area contributed by atoms with Crippen LogP contribution in [0.1, 0.15) is 23.4 Å². The number of ether oxygens (including phenoxy) is 1. The van der Waals surface area contributed by atoms with E-state index in [1.54, 1.807) is 0 Å². The molecule has 0 spiro atoms. The van der Waals surface area contributed by atoms with Crippen LogP contribution < -0.4 is 0 Å². The lowest BCUT2D eigenvalue weighted by Crippen LogP contribution is -2.01. The molecular formula is C12H14N2O2S. The standard InChI is InChI=1S/C12H14N2O2S/c1-8-6-11(10(7-13)9(2)14-8)17-5-4-12(15)16-3/h6H,4-5H2,1-3H3. The number of carbonyl (C=O) groups is 1. The predicted molar refractivity (Wildman–Crippen MR) is 65.8 cm³/mol. The van der Waals surface area contributed by atoms with Crippen molar-refractivity contribution >= 4 is 17.7 Å². The van der Waals surface area contributed by atoms with E-state index < -0.39 is 0 Å². The molecule has 17 heavy (non-hydrogen) atoms. The van der Waals surface area contributed by atoms with Crippen LogP contribution in [-0.2, 0) is 9.53 Å². The van der Waals surface area contributed by atoms with Crippen molar-refractivity contribution < 1.29 is 9.53 Å². The second-order valence-electron chi connectivity index (χ2n) is 3.51. The van der Waals surface area contributed by atoms with Crippen LogP contribution in [0, 0.1) is 25.2 Å². The Bertz CT molecular complexity index is 466. The van der Waals surface area contributed by atoms with Gasteiger partial charge in [-0.25, -0.2) is 0 Å². The molecule has 1 rings (SSSR count). The minimum absolute atomic E-state index is 0.237. The molecule has 0 radical (unpaired) electrons. The van der Waals surface area contributed by atoms with Gasteiger partial charge in [-0.05, 0) is 19.9 Å². The smallest absolute Gasteiger partial charge is 0.306 e. The fourth-order valence-electron chi connectivity index (χ4n) is 1.39. The van der Waals surface area contributed by atoms with Gasteiger partial charge in [-0.1, -0.05) is 0 Å². The monoisotopic (exact) mass is 250 g/mol. The molecule has 90 valence electrons. The number of thioether (sulfide) groups is 1. The average molecular weight is 250 g/mol. The fraction of sp³-hybridized carbons (Fsp3) is 0.417. The molecule has 0 aliphatic carbocycles. The highest BCUT2D eigenvalue weighted by molar-refractivity contribution is 7.99. The van der Waals surface area contributed by atoms with Crippen LogP contribution in [0.25, 0.3) is 0 Å². The van der Waals surface area contributed by atoms with Crippen molar-refractivity contribution in [2.24, 2.45) is 0 Å². The molecule has 0 saturated heterocycles. The molecule has 5 heteroatoms. The van der Waals surface area contributed by atoms with Crippen LogP contribution in [0.3, 0.4) is 0 Å². The van der Waals surface area contributed by atoms with E-state index in [2.05, 4.69) is 15.8 Å². The SMILES string of the molecule is COC(=O)CCSc1cc(C)nc(C)c1C#N. The number of methoxy groups -OCH3 is 1. The highest BCUT2D eigenvalue weighted by atomic mass is 32.2. The minimum atomic E-state index is -0.237. The van der Waals surface area contributed by atoms with Crippen molar-refractivity contribution in [3.8, 4) is 6.07 Å². The molecular weight excluding hydrogens is 236 g/mol. The van der Waals surface area contributed by atoms with Gasteiger partial charge in [0.2, 0.25) is 0 Å². The van der Waals surface area contributed by atoms with E-state index >= 15 is 0 Å². The highest BCUT2D eigenvalue weighted by Crippen LogP contribution is 2.25. The van der Waals surface area contributed by atoms with E-state index in [1.165, 1.54) is 18.9 Å². The third kappa shape index (κ3) is 3.75. The van der Waals surface area contributed by atoms with E-state index in [4.69, 9.17) is 5.26 Å². The number of aryl methyl sites for hydroxylation is 2. The summed E-state index contributed by atoms with van der Waals surface area (Å²) < 4.78 is 4.56. The van der Waals surface area contributed by atoms with E-state index in [9.17, 15) is 4.79 Å². The molecule has 1 aromatic heterocycles. The zero-order chi connectivity index (χ0) is 12.8. The summed E-state index contributed by atoms with van der Waals surface area (Å²) >= 11 is 1.48. The lowest BCUT2D eigenvalue weighted by Gasteiger charge is -2.07. The van der Waals surface area contributed by atoms with Gasteiger partial charge in [0.25, 0.3) is 0 Å². The summed E-state index contributed by atoms with van der Waals surface area (Å²) in [5.74, 6) is 0.364. The third-order valence-electron chi connectivity index (χ3n) is 2.20. The van der Waals surface area contributed by atoms with Crippen molar-refractivity contribution in [2.75, 3.05) is 12.9 Å². The van der Waals surface area contributed by atoms with Crippen LogP contribution in [0.2, 0.25) is 0 Å². The molecule has 0 fully saturated rings. The van der Waals surface area contributed by atoms with E-state index in [0.717, 1.165) is 16.3 Å². The topological polar surface area (TPSA) is 63.0 Å². The molecule has 0 bridgehead atoms. The van der Waals surface area contributed by atoms with Gasteiger partial charge < -0.3 is 4.74 Å². The molecule has 0 aliphatic heterocycles. The molecule has 1 heterocycles. The summed E-state index contributed by atoms with van der Waals surface area (Å²) in [6.45, 7) is 3.70. The Morgan fingerprint density at radius 2 is 2.29 bits per heavy atom. The molecule has 0 unspecified atom stereocenters. The number of aromatic nitrogens is 1. The van der Waals surface area contributed by atoms with E-state index in [-0.39, 0.29) is 5.97 Å². The van der Waals surface area contributed by atoms with Gasteiger partial charge >= 0.3 is 5.97 Å². The number of pyridine rings is 1. The van der Waals surface area contributed by atoms with Crippen LogP contribution in [0.15, 0.2) is 11.0 Å². The highest BCUT2D eigenvalue weighted by Gasteiger charge is 2.09. The number of nitriles is 1. The van der Waals surface area contributed by atoms with Gasteiger partial charge in [0.05, 0.1) is 24.8 Å². The molecule has 0 N–H and O–H groups in total. The van der Waals surface area contributed by atoms with Gasteiger partial charge in [0, 0.05) is 16.3 Å². The number of nitrogens with zero attached hydrogens (tertiary/aromatic N) is 2. The van der Waals surface area contributed by atoms with Crippen molar-refractivity contribution in [1.29, 1.82) is 5.26 Å². The molecule has 0 saturated carbocycles. The van der Waals surface area contributed by atoms with Crippen molar-refractivity contribution in [2.45, 2.75) is 25.2 Å². The van der Waals surface area contributed by atoms with Gasteiger partial charge in [-0.15, -0.1) is 11.8 Å². The number of esters is 1. The third-order valence-corrected chi connectivity index (χ3v) is 3.24. The van der Waals surface area contributed by atoms with Crippen LogP contribution in [0.5, 0.6) is 0 Å². The normalized spacial score (nSPS) is 9.76. The predicted octanol–water partition coefficient (Wildman–Crippen LogP) is 2.23. The van der Waals surface area contributed by atoms with Crippen molar-refractivity contribution in [3.63, 3.8) is 0 Å². The Morgan fingerprint density at radius 1 is 1.59 bits per heavy atom. The fourth-order valence-corrected chi connectivity index (χ4v) is 2.47. The molecule has 0 amide bonds. The van der Waals surface area contributed by atoms with E-state index in [1.807, 2.05) is 19.9 Å². The van der Waals surface area contributed by atoms with Crippen molar-refractivity contribution in [1.82, 2.24) is 4.98 Å². The Balaban J connectivity index is 2.77. The quantitative estimate of drug-likeness (QED) is 0.605. The van der Waals surface area contributed by atoms with Gasteiger partial charge in [-0.2, -0.15) is 5.26 Å². The zero-order valence-corrected chi connectivity index (χ0v) is 10.9. The first kappa shape index (κ1) is 13.5. The Hall–Kier alpha value is -1.54. The van der Waals surface area contributed by atoms with Crippen LogP contribution >= 0.6 is 11.8 Å². The number of hydrogen-bond acceptors (Lipinski definition) is 5. The van der Waals surface area contributed by atoms with E-state index in [0.29, 0.717) is 17.7 Å². The molecule has 4 nitrogen and oxygen atoms in total. The zero-order valence-electron chi connectivity index (χ0n) is 10.1. The first-order chi connectivity index (χ1) is 8.08. The minimum Gasteiger partial charge on any atom is -0.469 e. The van der Waals surface area contributed by atoms with Crippen molar-refractivity contribution in [3.05, 3.63) is 23.0 Å². The average Bonchev–Trinajstić information content (AvgIpc) is 2.28. The lowest BCUT2D eigenvalue weighted by atomic mass is 10.2. The summed E-state index contributed by atoms with van der Waals surface area (Å²) in [5, 5.41) is 9.05. The number of hydrogen-bond donors (Lipinski definition) is 0. The maximum Gasteiger partial charge on any atom is 0.306 e. The first-order valence-electron chi connectivity index (χ1n) is 5.16. The molecule has 0 atom stereocenters. The summed E-state index contributed by atoms with van der Waals surface area (Å²) in [6.07, 6.45) is 0.340. The van der Waals surface area contributed by atoms with Crippen LogP contribution in [0.4, 0.5) is 0 Å².